The van der Waals surface area contributed by atoms with Gasteiger partial charge in [0.2, 0.25) is 0 Å². The molecule has 4 heteroatoms. The third-order valence-electron chi connectivity index (χ3n) is 2.99. The Morgan fingerprint density at radius 3 is 3.00 bits per heavy atom. The molecule has 0 aliphatic carbocycles. The Balaban J connectivity index is 1.97. The Morgan fingerprint density at radius 2 is 2.33 bits per heavy atom. The first-order valence-corrected chi connectivity index (χ1v) is 6.50. The highest BCUT2D eigenvalue weighted by molar-refractivity contribution is 5.16. The number of hydrogen-bond acceptors (Lipinski definition) is 3. The second kappa shape index (κ2) is 5.87. The fourth-order valence-corrected chi connectivity index (χ4v) is 1.96. The number of nitrogens with one attached hydrogen (secondary N) is 1. The summed E-state index contributed by atoms with van der Waals surface area (Å²) in [4.78, 5) is 0. The summed E-state index contributed by atoms with van der Waals surface area (Å²) in [5, 5.41) is 7.38. The van der Waals surface area contributed by atoms with Crippen LogP contribution in [0.25, 0.3) is 0 Å². The van der Waals surface area contributed by atoms with Crippen molar-refractivity contribution in [1.82, 2.24) is 15.0 Å². The van der Waals surface area contributed by atoms with Crippen LogP contribution < -0.4 is 5.32 Å². The molecule has 1 unspecified atom stereocenters. The van der Waals surface area contributed by atoms with Gasteiger partial charge in [0.15, 0.2) is 5.76 Å². The van der Waals surface area contributed by atoms with E-state index in [9.17, 15) is 0 Å². The molecular weight excluding hydrogens is 226 g/mol. The minimum Gasteiger partial charge on any atom is -0.359 e. The van der Waals surface area contributed by atoms with Gasteiger partial charge in [0.25, 0.3) is 0 Å². The molecule has 0 spiro atoms. The van der Waals surface area contributed by atoms with E-state index in [1.54, 1.807) is 0 Å². The van der Waals surface area contributed by atoms with Crippen molar-refractivity contribution < 1.29 is 4.52 Å². The molecule has 1 atom stereocenters. The molecule has 2 rings (SSSR count). The summed E-state index contributed by atoms with van der Waals surface area (Å²) < 4.78 is 7.34. The first-order valence-electron chi connectivity index (χ1n) is 6.50. The van der Waals surface area contributed by atoms with Crippen molar-refractivity contribution in [2.45, 2.75) is 39.8 Å². The van der Waals surface area contributed by atoms with E-state index in [2.05, 4.69) is 47.3 Å². The third kappa shape index (κ3) is 3.23. The van der Waals surface area contributed by atoms with Crippen LogP contribution >= 0.6 is 0 Å². The van der Waals surface area contributed by atoms with Crippen molar-refractivity contribution >= 4 is 0 Å². The van der Waals surface area contributed by atoms with E-state index in [1.807, 2.05) is 13.0 Å². The topological polar surface area (TPSA) is 43.0 Å². The zero-order chi connectivity index (χ0) is 13.0. The van der Waals surface area contributed by atoms with Gasteiger partial charge < -0.3 is 14.4 Å². The minimum atomic E-state index is 0.391. The van der Waals surface area contributed by atoms with Crippen LogP contribution in [-0.2, 0) is 6.54 Å². The molecule has 98 valence electrons. The molecule has 4 nitrogen and oxygen atoms in total. The Kier molecular flexibility index (Phi) is 4.20. The summed E-state index contributed by atoms with van der Waals surface area (Å²) in [6.07, 6.45) is 5.39. The molecule has 0 radical (unpaired) electrons. The standard InChI is InChI=1S/C14H21N3O/c1-4-6-15-12(3)13-5-7-17(9-13)10-14-8-11(2)16-18-14/h5,7-9,12,15H,4,6,10H2,1-3H3. The quantitative estimate of drug-likeness (QED) is 0.853. The van der Waals surface area contributed by atoms with Gasteiger partial charge in [-0.2, -0.15) is 0 Å². The highest BCUT2D eigenvalue weighted by atomic mass is 16.5. The molecule has 18 heavy (non-hydrogen) atoms. The normalized spacial score (nSPS) is 12.8. The molecule has 0 saturated carbocycles. The van der Waals surface area contributed by atoms with E-state index in [4.69, 9.17) is 4.52 Å². The SMILES string of the molecule is CCCNC(C)c1ccn(Cc2cc(C)no2)c1. The predicted octanol–water partition coefficient (Wildman–Crippen LogP) is 2.89. The number of hydrogen-bond donors (Lipinski definition) is 1. The lowest BCUT2D eigenvalue weighted by atomic mass is 10.2. The molecule has 0 bridgehead atoms. The van der Waals surface area contributed by atoms with Crippen LogP contribution in [0.4, 0.5) is 0 Å². The smallest absolute Gasteiger partial charge is 0.156 e. The van der Waals surface area contributed by atoms with Crippen molar-refractivity contribution in [2.75, 3.05) is 6.54 Å². The highest BCUT2D eigenvalue weighted by Crippen LogP contribution is 2.14. The van der Waals surface area contributed by atoms with Crippen LogP contribution in [0.5, 0.6) is 0 Å². The fourth-order valence-electron chi connectivity index (χ4n) is 1.96. The maximum atomic E-state index is 5.22. The van der Waals surface area contributed by atoms with Gasteiger partial charge in [-0.3, -0.25) is 0 Å². The van der Waals surface area contributed by atoms with E-state index in [-0.39, 0.29) is 0 Å². The van der Waals surface area contributed by atoms with Gasteiger partial charge in [-0.05, 0) is 38.4 Å². The van der Waals surface area contributed by atoms with Gasteiger partial charge in [-0.15, -0.1) is 0 Å². The lowest BCUT2D eigenvalue weighted by Crippen LogP contribution is -2.18. The molecule has 2 heterocycles. The van der Waals surface area contributed by atoms with Gasteiger partial charge in [-0.1, -0.05) is 12.1 Å². The number of rotatable bonds is 6. The first-order chi connectivity index (χ1) is 8.69. The first kappa shape index (κ1) is 12.9. The molecule has 0 amide bonds. The second-order valence-electron chi connectivity index (χ2n) is 4.73. The molecule has 2 aromatic heterocycles. The van der Waals surface area contributed by atoms with Crippen LogP contribution in [0.3, 0.4) is 0 Å². The van der Waals surface area contributed by atoms with E-state index < -0.39 is 0 Å². The maximum Gasteiger partial charge on any atom is 0.156 e. The van der Waals surface area contributed by atoms with Crippen LogP contribution in [0.1, 0.15) is 43.3 Å². The minimum absolute atomic E-state index is 0.391. The highest BCUT2D eigenvalue weighted by Gasteiger charge is 2.07. The average molecular weight is 247 g/mol. The molecule has 0 fully saturated rings. The van der Waals surface area contributed by atoms with Gasteiger partial charge in [0.1, 0.15) is 0 Å². The Bertz CT molecular complexity index is 487. The second-order valence-corrected chi connectivity index (χ2v) is 4.73. The molecule has 2 aromatic rings. The number of aryl methyl sites for hydroxylation is 1. The number of aromatic nitrogens is 2. The van der Waals surface area contributed by atoms with Gasteiger partial charge in [0, 0.05) is 24.5 Å². The maximum absolute atomic E-state index is 5.22. The van der Waals surface area contributed by atoms with Gasteiger partial charge >= 0.3 is 0 Å². The molecule has 0 aromatic carbocycles. The van der Waals surface area contributed by atoms with Crippen LogP contribution in [0, 0.1) is 6.92 Å². The fraction of sp³-hybridized carbons (Fsp3) is 0.500. The average Bonchev–Trinajstić information content (AvgIpc) is 2.96. The summed E-state index contributed by atoms with van der Waals surface area (Å²) in [5.41, 5.74) is 2.23. The van der Waals surface area contributed by atoms with E-state index in [1.165, 1.54) is 5.56 Å². The van der Waals surface area contributed by atoms with Gasteiger partial charge in [0.05, 0.1) is 12.2 Å². The van der Waals surface area contributed by atoms with Crippen molar-refractivity contribution in [3.63, 3.8) is 0 Å². The lowest BCUT2D eigenvalue weighted by molar-refractivity contribution is 0.373. The van der Waals surface area contributed by atoms with Crippen LogP contribution in [0.2, 0.25) is 0 Å². The van der Waals surface area contributed by atoms with Gasteiger partial charge in [-0.25, -0.2) is 0 Å². The van der Waals surface area contributed by atoms with E-state index >= 15 is 0 Å². The van der Waals surface area contributed by atoms with E-state index in [0.717, 1.165) is 31.0 Å². The van der Waals surface area contributed by atoms with Crippen LogP contribution in [-0.4, -0.2) is 16.3 Å². The largest absolute Gasteiger partial charge is 0.359 e. The summed E-state index contributed by atoms with van der Waals surface area (Å²) in [7, 11) is 0. The molecule has 0 aliphatic rings. The molecule has 1 N–H and O–H groups in total. The monoisotopic (exact) mass is 247 g/mol. The molecule has 0 saturated heterocycles. The van der Waals surface area contributed by atoms with Crippen molar-refractivity contribution in [3.8, 4) is 0 Å². The van der Waals surface area contributed by atoms with Crippen molar-refractivity contribution in [3.05, 3.63) is 41.5 Å². The lowest BCUT2D eigenvalue weighted by Gasteiger charge is -2.10. The Morgan fingerprint density at radius 1 is 1.50 bits per heavy atom. The summed E-state index contributed by atoms with van der Waals surface area (Å²) in [5.74, 6) is 0.892. The summed E-state index contributed by atoms with van der Waals surface area (Å²) >= 11 is 0. The summed E-state index contributed by atoms with van der Waals surface area (Å²) in [6.45, 7) is 8.09. The van der Waals surface area contributed by atoms with Crippen molar-refractivity contribution in [2.24, 2.45) is 0 Å². The molecule has 0 aliphatic heterocycles. The van der Waals surface area contributed by atoms with Crippen molar-refractivity contribution in [1.29, 1.82) is 0 Å². The zero-order valence-corrected chi connectivity index (χ0v) is 11.3. The molecular formula is C14H21N3O. The predicted molar refractivity (Wildman–Crippen MR) is 71.5 cm³/mol. The van der Waals surface area contributed by atoms with Crippen LogP contribution in [0.15, 0.2) is 29.0 Å². The van der Waals surface area contributed by atoms with E-state index in [0.29, 0.717) is 6.04 Å². The zero-order valence-electron chi connectivity index (χ0n) is 11.3. The Labute approximate surface area is 108 Å². The number of nitrogens with zero attached hydrogens (tertiary/aromatic N) is 2. The Hall–Kier alpha value is -1.55. The summed E-state index contributed by atoms with van der Waals surface area (Å²) in [6, 6.07) is 4.51. The third-order valence-corrected chi connectivity index (χ3v) is 2.99.